The number of thiazole rings is 1. The molecule has 1 amide bonds. The summed E-state index contributed by atoms with van der Waals surface area (Å²) in [6.45, 7) is 0. The van der Waals surface area contributed by atoms with Crippen LogP contribution in [0, 0.1) is 5.82 Å². The number of aromatic nitrogens is 1. The maximum absolute atomic E-state index is 13.0. The summed E-state index contributed by atoms with van der Waals surface area (Å²) < 4.78 is 45.0. The van der Waals surface area contributed by atoms with E-state index in [1.54, 1.807) is 36.8 Å². The molecule has 2 N–H and O–H groups in total. The number of halogens is 1. The molecule has 29 heavy (non-hydrogen) atoms. The Balaban J connectivity index is 1.54. The highest BCUT2D eigenvalue weighted by Gasteiger charge is 2.16. The topological polar surface area (TPSA) is 97.4 Å². The number of amides is 1. The number of nitrogens with one attached hydrogen (secondary N) is 2. The van der Waals surface area contributed by atoms with Crippen LogP contribution in [0.5, 0.6) is 5.75 Å². The fraction of sp³-hybridized carbons (Fsp3) is 0.158. The average molecular weight is 436 g/mol. The van der Waals surface area contributed by atoms with Gasteiger partial charge in [-0.25, -0.2) is 17.8 Å². The number of anilines is 2. The molecule has 2 aromatic carbocycles. The predicted octanol–water partition coefficient (Wildman–Crippen LogP) is 3.66. The minimum Gasteiger partial charge on any atom is -0.497 e. The van der Waals surface area contributed by atoms with Gasteiger partial charge in [-0.1, -0.05) is 0 Å². The predicted molar refractivity (Wildman–Crippen MR) is 109 cm³/mol. The fourth-order valence-corrected chi connectivity index (χ4v) is 4.39. The first kappa shape index (κ1) is 20.7. The van der Waals surface area contributed by atoms with E-state index >= 15 is 0 Å². The number of hydrogen-bond donors (Lipinski definition) is 2. The number of hydrogen-bond acceptors (Lipinski definition) is 6. The van der Waals surface area contributed by atoms with Gasteiger partial charge in [0.15, 0.2) is 5.13 Å². The second-order valence-corrected chi connectivity index (χ2v) is 8.52. The summed E-state index contributed by atoms with van der Waals surface area (Å²) in [5, 5.41) is 4.64. The van der Waals surface area contributed by atoms with Crippen LogP contribution < -0.4 is 14.8 Å². The zero-order chi connectivity index (χ0) is 20.9. The van der Waals surface area contributed by atoms with Crippen LogP contribution in [0.25, 0.3) is 0 Å². The summed E-state index contributed by atoms with van der Waals surface area (Å²) in [6, 6.07) is 11.5. The molecule has 0 bridgehead atoms. The summed E-state index contributed by atoms with van der Waals surface area (Å²) in [4.78, 5) is 16.2. The third kappa shape index (κ3) is 5.75. The van der Waals surface area contributed by atoms with Crippen LogP contribution in [0.2, 0.25) is 0 Å². The fourth-order valence-electron chi connectivity index (χ4n) is 2.40. The number of methoxy groups -OCH3 is 1. The van der Waals surface area contributed by atoms with Gasteiger partial charge in [-0.15, -0.1) is 11.3 Å². The van der Waals surface area contributed by atoms with E-state index in [1.807, 2.05) is 0 Å². The Morgan fingerprint density at radius 1 is 1.14 bits per heavy atom. The molecule has 0 aliphatic heterocycles. The molecule has 0 saturated carbocycles. The van der Waals surface area contributed by atoms with Gasteiger partial charge in [0.25, 0.3) is 10.0 Å². The van der Waals surface area contributed by atoms with E-state index in [4.69, 9.17) is 4.74 Å². The van der Waals surface area contributed by atoms with Gasteiger partial charge in [0.05, 0.1) is 17.7 Å². The molecule has 3 aromatic rings. The Morgan fingerprint density at radius 3 is 2.48 bits per heavy atom. The molecule has 152 valence electrons. The molecule has 0 saturated heterocycles. The van der Waals surface area contributed by atoms with Crippen LogP contribution in [0.15, 0.2) is 58.8 Å². The van der Waals surface area contributed by atoms with Crippen molar-refractivity contribution in [2.75, 3.05) is 17.1 Å². The van der Waals surface area contributed by atoms with Gasteiger partial charge >= 0.3 is 0 Å². The van der Waals surface area contributed by atoms with Crippen molar-refractivity contribution in [2.45, 2.75) is 17.7 Å². The summed E-state index contributed by atoms with van der Waals surface area (Å²) in [5.41, 5.74) is 1.25. The lowest BCUT2D eigenvalue weighted by Crippen LogP contribution is -2.13. The van der Waals surface area contributed by atoms with Crippen molar-refractivity contribution in [1.82, 2.24) is 4.98 Å². The van der Waals surface area contributed by atoms with Crippen LogP contribution in [-0.2, 0) is 21.2 Å². The zero-order valence-corrected chi connectivity index (χ0v) is 17.0. The number of rotatable bonds is 8. The number of aryl methyl sites for hydroxylation is 1. The van der Waals surface area contributed by atoms with Gasteiger partial charge in [0, 0.05) is 17.5 Å². The number of carbonyl (C=O) groups excluding carboxylic acids is 1. The molecular formula is C19H18FN3O4S2. The molecule has 0 fully saturated rings. The Bertz CT molecular complexity index is 1080. The molecule has 10 heteroatoms. The first-order valence-electron chi connectivity index (χ1n) is 8.52. The van der Waals surface area contributed by atoms with Crippen molar-refractivity contribution in [3.63, 3.8) is 0 Å². The van der Waals surface area contributed by atoms with E-state index in [2.05, 4.69) is 15.0 Å². The first-order valence-corrected chi connectivity index (χ1v) is 10.9. The van der Waals surface area contributed by atoms with E-state index in [9.17, 15) is 17.6 Å². The largest absolute Gasteiger partial charge is 0.497 e. The van der Waals surface area contributed by atoms with Gasteiger partial charge in [-0.2, -0.15) is 0 Å². The molecule has 7 nitrogen and oxygen atoms in total. The lowest BCUT2D eigenvalue weighted by Gasteiger charge is -2.06. The normalized spacial score (nSPS) is 11.1. The molecular weight excluding hydrogens is 417 g/mol. The minimum absolute atomic E-state index is 0.0606. The molecule has 0 aliphatic carbocycles. The van der Waals surface area contributed by atoms with Gasteiger partial charge in [0.1, 0.15) is 11.6 Å². The Hall–Kier alpha value is -2.98. The highest BCUT2D eigenvalue weighted by Crippen LogP contribution is 2.21. The van der Waals surface area contributed by atoms with Crippen molar-refractivity contribution in [3.8, 4) is 5.75 Å². The van der Waals surface area contributed by atoms with Gasteiger partial charge in [-0.05, 0) is 55.0 Å². The van der Waals surface area contributed by atoms with Crippen LogP contribution in [0.1, 0.15) is 12.1 Å². The lowest BCUT2D eigenvalue weighted by atomic mass is 10.2. The SMILES string of the molecule is COc1ccc(NC(=O)CCc2csc(NS(=O)(=O)c3ccc(F)cc3)n2)cc1. The van der Waals surface area contributed by atoms with Crippen LogP contribution in [0.3, 0.4) is 0 Å². The number of sulfonamides is 1. The Kier molecular flexibility index (Phi) is 6.45. The van der Waals surface area contributed by atoms with Crippen molar-refractivity contribution in [2.24, 2.45) is 0 Å². The first-order chi connectivity index (χ1) is 13.9. The Morgan fingerprint density at radius 2 is 1.83 bits per heavy atom. The molecule has 0 radical (unpaired) electrons. The molecule has 1 heterocycles. The minimum atomic E-state index is -3.85. The lowest BCUT2D eigenvalue weighted by molar-refractivity contribution is -0.116. The summed E-state index contributed by atoms with van der Waals surface area (Å²) in [5.74, 6) is -0.00824. The van der Waals surface area contributed by atoms with E-state index in [-0.39, 0.29) is 22.4 Å². The van der Waals surface area contributed by atoms with Crippen LogP contribution in [-0.4, -0.2) is 26.4 Å². The number of benzene rings is 2. The number of nitrogens with zero attached hydrogens (tertiary/aromatic N) is 1. The second-order valence-electron chi connectivity index (χ2n) is 5.98. The summed E-state index contributed by atoms with van der Waals surface area (Å²) >= 11 is 1.11. The average Bonchev–Trinajstić information content (AvgIpc) is 3.14. The molecule has 3 rings (SSSR count). The standard InChI is InChI=1S/C19H18FN3O4S2/c1-27-16-7-4-14(5-8-16)21-18(24)11-6-15-12-28-19(22-15)23-29(25,26)17-9-2-13(20)3-10-17/h2-5,7-10,12H,6,11H2,1H3,(H,21,24)(H,22,23). The highest BCUT2D eigenvalue weighted by molar-refractivity contribution is 7.93. The van der Waals surface area contributed by atoms with Crippen LogP contribution >= 0.6 is 11.3 Å². The van der Waals surface area contributed by atoms with E-state index < -0.39 is 15.8 Å². The van der Waals surface area contributed by atoms with Crippen molar-refractivity contribution in [1.29, 1.82) is 0 Å². The third-order valence-electron chi connectivity index (χ3n) is 3.88. The Labute approximate surface area is 171 Å². The quantitative estimate of drug-likeness (QED) is 0.563. The highest BCUT2D eigenvalue weighted by atomic mass is 32.2. The molecule has 0 unspecified atom stereocenters. The zero-order valence-electron chi connectivity index (χ0n) is 15.4. The smallest absolute Gasteiger partial charge is 0.263 e. The van der Waals surface area contributed by atoms with Crippen LogP contribution in [0.4, 0.5) is 15.2 Å². The maximum atomic E-state index is 13.0. The number of carbonyl (C=O) groups is 1. The number of ether oxygens (including phenoxy) is 1. The summed E-state index contributed by atoms with van der Waals surface area (Å²) in [7, 11) is -2.29. The van der Waals surface area contributed by atoms with E-state index in [0.29, 0.717) is 23.6 Å². The van der Waals surface area contributed by atoms with Crippen molar-refractivity contribution >= 4 is 38.1 Å². The monoisotopic (exact) mass is 435 g/mol. The van der Waals surface area contributed by atoms with E-state index in [0.717, 1.165) is 23.5 Å². The molecule has 1 aromatic heterocycles. The van der Waals surface area contributed by atoms with Crippen molar-refractivity contribution in [3.05, 3.63) is 65.4 Å². The maximum Gasteiger partial charge on any atom is 0.263 e. The van der Waals surface area contributed by atoms with Crippen molar-refractivity contribution < 1.29 is 22.3 Å². The molecule has 0 atom stereocenters. The summed E-state index contributed by atoms with van der Waals surface area (Å²) in [6.07, 6.45) is 0.552. The van der Waals surface area contributed by atoms with Gasteiger partial charge < -0.3 is 10.1 Å². The second kappa shape index (κ2) is 9.01. The van der Waals surface area contributed by atoms with Gasteiger partial charge in [-0.3, -0.25) is 9.52 Å². The molecule has 0 aliphatic rings. The van der Waals surface area contributed by atoms with E-state index in [1.165, 1.54) is 12.1 Å². The van der Waals surface area contributed by atoms with Gasteiger partial charge in [0.2, 0.25) is 5.91 Å². The molecule has 0 spiro atoms. The third-order valence-corrected chi connectivity index (χ3v) is 6.17.